The normalized spacial score (nSPS) is 16.8. The van der Waals surface area contributed by atoms with E-state index in [2.05, 4.69) is 41.3 Å². The number of benzene rings is 1. The zero-order chi connectivity index (χ0) is 17.9. The molecule has 6 nitrogen and oxygen atoms in total. The van der Waals surface area contributed by atoms with Gasteiger partial charge in [-0.2, -0.15) is 0 Å². The molecule has 25 heavy (non-hydrogen) atoms. The molecule has 1 atom stereocenters. The number of nitrogens with one attached hydrogen (secondary N) is 2. The van der Waals surface area contributed by atoms with E-state index in [1.165, 1.54) is 0 Å². The second-order valence-corrected chi connectivity index (χ2v) is 6.02. The highest BCUT2D eigenvalue weighted by Gasteiger charge is 2.20. The topological polar surface area (TPSA) is 58.1 Å². The number of guanidine groups is 1. The van der Waals surface area contributed by atoms with Crippen LogP contribution in [0.3, 0.4) is 0 Å². The lowest BCUT2D eigenvalue weighted by molar-refractivity contribution is 0.0971. The number of fused-ring (bicyclic) bond motifs is 1. The van der Waals surface area contributed by atoms with Crippen LogP contribution in [0.15, 0.2) is 29.3 Å². The van der Waals surface area contributed by atoms with Crippen LogP contribution in [0.1, 0.15) is 27.2 Å². The average molecular weight is 348 g/mol. The Morgan fingerprint density at radius 1 is 1.16 bits per heavy atom. The SMILES string of the molecule is CCNC(=NCC1COc2ccccc2O1)NCCCN(CC)CC. The Labute approximate surface area is 151 Å². The molecule has 2 N–H and O–H groups in total. The highest BCUT2D eigenvalue weighted by Crippen LogP contribution is 2.30. The highest BCUT2D eigenvalue weighted by molar-refractivity contribution is 5.79. The van der Waals surface area contributed by atoms with E-state index in [1.54, 1.807) is 0 Å². The second kappa shape index (κ2) is 10.8. The van der Waals surface area contributed by atoms with Crippen molar-refractivity contribution in [3.63, 3.8) is 0 Å². The molecule has 0 saturated carbocycles. The summed E-state index contributed by atoms with van der Waals surface area (Å²) in [5.74, 6) is 2.44. The van der Waals surface area contributed by atoms with Crippen LogP contribution in [-0.4, -0.2) is 62.8 Å². The van der Waals surface area contributed by atoms with E-state index in [0.717, 1.165) is 56.6 Å². The first-order valence-corrected chi connectivity index (χ1v) is 9.39. The van der Waals surface area contributed by atoms with Crippen molar-refractivity contribution in [3.05, 3.63) is 24.3 Å². The maximum absolute atomic E-state index is 5.95. The molecule has 0 saturated heterocycles. The van der Waals surface area contributed by atoms with Gasteiger partial charge in [0.15, 0.2) is 23.6 Å². The molecule has 6 heteroatoms. The maximum Gasteiger partial charge on any atom is 0.191 e. The van der Waals surface area contributed by atoms with Gasteiger partial charge < -0.3 is 25.0 Å². The first-order valence-electron chi connectivity index (χ1n) is 9.39. The zero-order valence-corrected chi connectivity index (χ0v) is 15.8. The largest absolute Gasteiger partial charge is 0.486 e. The van der Waals surface area contributed by atoms with Gasteiger partial charge in [0.2, 0.25) is 0 Å². The number of nitrogens with zero attached hydrogens (tertiary/aromatic N) is 2. The Balaban J connectivity index is 1.77. The predicted molar refractivity (Wildman–Crippen MR) is 103 cm³/mol. The lowest BCUT2D eigenvalue weighted by Gasteiger charge is -2.25. The standard InChI is InChI=1S/C19H32N4O2/c1-4-20-19(21-12-9-13-23(5-2)6-3)22-14-16-15-24-17-10-7-8-11-18(17)25-16/h7-8,10-11,16H,4-6,9,12-15H2,1-3H3,(H2,20,21,22). The van der Waals surface area contributed by atoms with E-state index in [9.17, 15) is 0 Å². The fourth-order valence-corrected chi connectivity index (χ4v) is 2.74. The fraction of sp³-hybridized carbons (Fsp3) is 0.632. The molecule has 2 rings (SSSR count). The minimum atomic E-state index is -0.0546. The lowest BCUT2D eigenvalue weighted by atomic mass is 10.2. The summed E-state index contributed by atoms with van der Waals surface area (Å²) in [7, 11) is 0. The molecular formula is C19H32N4O2. The van der Waals surface area contributed by atoms with Crippen LogP contribution in [0.25, 0.3) is 0 Å². The monoisotopic (exact) mass is 348 g/mol. The smallest absolute Gasteiger partial charge is 0.191 e. The van der Waals surface area contributed by atoms with Crippen molar-refractivity contribution in [2.45, 2.75) is 33.3 Å². The molecule has 1 aliphatic heterocycles. The van der Waals surface area contributed by atoms with Crippen molar-refractivity contribution in [2.75, 3.05) is 45.9 Å². The third-order valence-corrected chi connectivity index (χ3v) is 4.20. The Hall–Kier alpha value is -1.95. The van der Waals surface area contributed by atoms with Crippen molar-refractivity contribution in [1.29, 1.82) is 0 Å². The number of hydrogen-bond donors (Lipinski definition) is 2. The second-order valence-electron chi connectivity index (χ2n) is 6.02. The summed E-state index contributed by atoms with van der Waals surface area (Å²) in [4.78, 5) is 7.07. The molecule has 1 heterocycles. The fourth-order valence-electron chi connectivity index (χ4n) is 2.74. The van der Waals surface area contributed by atoms with Crippen molar-refractivity contribution in [3.8, 4) is 11.5 Å². The van der Waals surface area contributed by atoms with Gasteiger partial charge in [0.1, 0.15) is 6.61 Å². The Morgan fingerprint density at radius 3 is 2.64 bits per heavy atom. The summed E-state index contributed by atoms with van der Waals surface area (Å²) >= 11 is 0. The van der Waals surface area contributed by atoms with Gasteiger partial charge in [-0.1, -0.05) is 26.0 Å². The lowest BCUT2D eigenvalue weighted by Crippen LogP contribution is -2.40. The van der Waals surface area contributed by atoms with Gasteiger partial charge in [0, 0.05) is 13.1 Å². The van der Waals surface area contributed by atoms with Gasteiger partial charge >= 0.3 is 0 Å². The number of para-hydroxylation sites is 2. The van der Waals surface area contributed by atoms with Gasteiger partial charge in [0.25, 0.3) is 0 Å². The van der Waals surface area contributed by atoms with Crippen LogP contribution in [0.2, 0.25) is 0 Å². The molecule has 0 radical (unpaired) electrons. The molecule has 1 aromatic rings. The Bertz CT molecular complexity index is 532. The van der Waals surface area contributed by atoms with E-state index in [1.807, 2.05) is 24.3 Å². The zero-order valence-electron chi connectivity index (χ0n) is 15.8. The molecular weight excluding hydrogens is 316 g/mol. The molecule has 0 amide bonds. The first-order chi connectivity index (χ1) is 12.3. The summed E-state index contributed by atoms with van der Waals surface area (Å²) in [5.41, 5.74) is 0. The van der Waals surface area contributed by atoms with E-state index in [0.29, 0.717) is 13.2 Å². The van der Waals surface area contributed by atoms with Crippen LogP contribution in [0.4, 0.5) is 0 Å². The summed E-state index contributed by atoms with van der Waals surface area (Å²) in [6.07, 6.45) is 1.05. The minimum Gasteiger partial charge on any atom is -0.486 e. The van der Waals surface area contributed by atoms with E-state index in [-0.39, 0.29) is 6.10 Å². The summed E-state index contributed by atoms with van der Waals surface area (Å²) in [6.45, 7) is 12.6. The summed E-state index contributed by atoms with van der Waals surface area (Å²) in [5, 5.41) is 6.69. The molecule has 1 aliphatic rings. The van der Waals surface area contributed by atoms with Gasteiger partial charge in [-0.15, -0.1) is 0 Å². The third-order valence-electron chi connectivity index (χ3n) is 4.20. The van der Waals surface area contributed by atoms with Gasteiger partial charge in [-0.25, -0.2) is 4.99 Å². The summed E-state index contributed by atoms with van der Waals surface area (Å²) < 4.78 is 11.7. The van der Waals surface area contributed by atoms with Gasteiger partial charge in [0.05, 0.1) is 6.54 Å². The molecule has 1 aromatic carbocycles. The Morgan fingerprint density at radius 2 is 1.92 bits per heavy atom. The number of ether oxygens (including phenoxy) is 2. The third kappa shape index (κ3) is 6.46. The van der Waals surface area contributed by atoms with Crippen LogP contribution in [0.5, 0.6) is 11.5 Å². The number of hydrogen-bond acceptors (Lipinski definition) is 4. The highest BCUT2D eigenvalue weighted by atomic mass is 16.6. The van der Waals surface area contributed by atoms with Gasteiger partial charge in [-0.05, 0) is 45.1 Å². The molecule has 0 spiro atoms. The summed E-state index contributed by atoms with van der Waals surface area (Å²) in [6, 6.07) is 7.76. The molecule has 140 valence electrons. The van der Waals surface area contributed by atoms with Crippen molar-refractivity contribution < 1.29 is 9.47 Å². The first kappa shape index (κ1) is 19.4. The van der Waals surface area contributed by atoms with Crippen LogP contribution < -0.4 is 20.1 Å². The van der Waals surface area contributed by atoms with E-state index in [4.69, 9.17) is 9.47 Å². The van der Waals surface area contributed by atoms with Gasteiger partial charge in [-0.3, -0.25) is 0 Å². The van der Waals surface area contributed by atoms with Crippen LogP contribution in [-0.2, 0) is 0 Å². The Kier molecular flexibility index (Phi) is 8.39. The minimum absolute atomic E-state index is 0.0546. The quantitative estimate of drug-likeness (QED) is 0.407. The molecule has 0 fully saturated rings. The predicted octanol–water partition coefficient (Wildman–Crippen LogP) is 2.11. The van der Waals surface area contributed by atoms with Crippen LogP contribution in [0, 0.1) is 0 Å². The molecule has 1 unspecified atom stereocenters. The maximum atomic E-state index is 5.95. The van der Waals surface area contributed by atoms with Crippen molar-refractivity contribution >= 4 is 5.96 Å². The molecule has 0 aliphatic carbocycles. The van der Waals surface area contributed by atoms with Crippen LogP contribution >= 0.6 is 0 Å². The van der Waals surface area contributed by atoms with Crippen molar-refractivity contribution in [1.82, 2.24) is 15.5 Å². The van der Waals surface area contributed by atoms with E-state index < -0.39 is 0 Å². The molecule has 0 aromatic heterocycles. The van der Waals surface area contributed by atoms with E-state index >= 15 is 0 Å². The number of aliphatic imine (C=N–C) groups is 1. The molecule has 0 bridgehead atoms. The average Bonchev–Trinajstić information content (AvgIpc) is 2.66. The number of rotatable bonds is 9. The van der Waals surface area contributed by atoms with Crippen molar-refractivity contribution in [2.24, 2.45) is 4.99 Å².